The topological polar surface area (TPSA) is 73.9 Å². The lowest BCUT2D eigenvalue weighted by atomic mass is 10.1. The first kappa shape index (κ1) is 17.6. The van der Waals surface area contributed by atoms with Crippen molar-refractivity contribution in [3.63, 3.8) is 0 Å². The molecule has 134 valence electrons. The van der Waals surface area contributed by atoms with E-state index in [-0.39, 0.29) is 10.9 Å². The van der Waals surface area contributed by atoms with Crippen LogP contribution in [0.3, 0.4) is 0 Å². The third-order valence-corrected chi connectivity index (χ3v) is 5.52. The monoisotopic (exact) mass is 363 g/mol. The van der Waals surface area contributed by atoms with Crippen molar-refractivity contribution in [2.75, 3.05) is 20.3 Å². The molecule has 1 atom stereocenters. The van der Waals surface area contributed by atoms with E-state index >= 15 is 0 Å². The van der Waals surface area contributed by atoms with Crippen molar-refractivity contribution >= 4 is 10.0 Å². The summed E-state index contributed by atoms with van der Waals surface area (Å²) in [7, 11) is -2.09. The van der Waals surface area contributed by atoms with Crippen molar-refractivity contribution in [3.05, 3.63) is 48.0 Å². The van der Waals surface area contributed by atoms with E-state index in [1.54, 1.807) is 13.2 Å². The highest BCUT2D eigenvalue weighted by atomic mass is 32.2. The molecule has 0 aliphatic carbocycles. The van der Waals surface area contributed by atoms with Gasteiger partial charge in [0.05, 0.1) is 12.0 Å². The number of sulfonamides is 1. The molecule has 2 aromatic carbocycles. The normalized spacial score (nSPS) is 14.8. The van der Waals surface area contributed by atoms with Crippen LogP contribution in [0.2, 0.25) is 0 Å². The molecule has 0 unspecified atom stereocenters. The predicted octanol–water partition coefficient (Wildman–Crippen LogP) is 2.90. The number of rotatable bonds is 6. The molecule has 0 amide bonds. The average Bonchev–Trinajstić information content (AvgIpc) is 2.66. The van der Waals surface area contributed by atoms with Crippen molar-refractivity contribution in [1.82, 2.24) is 4.72 Å². The molecule has 1 aliphatic rings. The lowest BCUT2D eigenvalue weighted by Crippen LogP contribution is -2.28. The van der Waals surface area contributed by atoms with Crippen LogP contribution >= 0.6 is 0 Å². The summed E-state index contributed by atoms with van der Waals surface area (Å²) in [5, 5.41) is 0. The smallest absolute Gasteiger partial charge is 0.241 e. The minimum Gasteiger partial charge on any atom is -0.497 e. The maximum absolute atomic E-state index is 12.8. The van der Waals surface area contributed by atoms with E-state index in [1.165, 1.54) is 12.1 Å². The highest BCUT2D eigenvalue weighted by molar-refractivity contribution is 7.89. The van der Waals surface area contributed by atoms with E-state index in [0.29, 0.717) is 31.1 Å². The Labute approximate surface area is 147 Å². The number of nitrogens with one attached hydrogen (secondary N) is 1. The Morgan fingerprint density at radius 2 is 1.76 bits per heavy atom. The van der Waals surface area contributed by atoms with Crippen molar-refractivity contribution in [2.24, 2.45) is 0 Å². The van der Waals surface area contributed by atoms with Crippen LogP contribution in [0.4, 0.5) is 0 Å². The molecule has 1 heterocycles. The molecule has 2 aromatic rings. The van der Waals surface area contributed by atoms with Gasteiger partial charge >= 0.3 is 0 Å². The van der Waals surface area contributed by atoms with E-state index in [9.17, 15) is 8.42 Å². The quantitative estimate of drug-likeness (QED) is 0.854. The third kappa shape index (κ3) is 3.88. The first-order chi connectivity index (χ1) is 12.0. The van der Waals surface area contributed by atoms with Gasteiger partial charge in [-0.2, -0.15) is 0 Å². The van der Waals surface area contributed by atoms with Gasteiger partial charge in [-0.05, 0) is 36.2 Å². The Hall–Kier alpha value is -2.25. The van der Waals surface area contributed by atoms with Crippen molar-refractivity contribution in [2.45, 2.75) is 24.3 Å². The molecule has 0 saturated carbocycles. The summed E-state index contributed by atoms with van der Waals surface area (Å²) in [5.41, 5.74) is 0.879. The van der Waals surface area contributed by atoms with E-state index in [4.69, 9.17) is 14.2 Å². The Kier molecular flexibility index (Phi) is 5.15. The molecule has 0 saturated heterocycles. The minimum atomic E-state index is -3.69. The molecule has 7 heteroatoms. The van der Waals surface area contributed by atoms with Gasteiger partial charge in [0.1, 0.15) is 19.0 Å². The Morgan fingerprint density at radius 3 is 2.40 bits per heavy atom. The number of hydrogen-bond acceptors (Lipinski definition) is 5. The summed E-state index contributed by atoms with van der Waals surface area (Å²) in [4.78, 5) is 0.156. The summed E-state index contributed by atoms with van der Waals surface area (Å²) in [6.45, 7) is 2.81. The highest BCUT2D eigenvalue weighted by Gasteiger charge is 2.23. The fourth-order valence-electron chi connectivity index (χ4n) is 2.67. The van der Waals surface area contributed by atoms with Crippen LogP contribution in [0.15, 0.2) is 47.4 Å². The van der Waals surface area contributed by atoms with Crippen LogP contribution in [0.1, 0.15) is 24.9 Å². The summed E-state index contributed by atoms with van der Waals surface area (Å²) >= 11 is 0. The van der Waals surface area contributed by atoms with Crippen molar-refractivity contribution in [1.29, 1.82) is 0 Å². The lowest BCUT2D eigenvalue weighted by molar-refractivity contribution is 0.171. The van der Waals surface area contributed by atoms with E-state index in [0.717, 1.165) is 11.3 Å². The van der Waals surface area contributed by atoms with Crippen LogP contribution < -0.4 is 18.9 Å². The summed E-state index contributed by atoms with van der Waals surface area (Å²) in [5.74, 6) is 1.74. The molecule has 0 bridgehead atoms. The predicted molar refractivity (Wildman–Crippen MR) is 93.8 cm³/mol. The second-order valence-electron chi connectivity index (χ2n) is 5.66. The zero-order valence-corrected chi connectivity index (χ0v) is 15.0. The highest BCUT2D eigenvalue weighted by Crippen LogP contribution is 2.32. The van der Waals surface area contributed by atoms with Gasteiger partial charge in [0.25, 0.3) is 0 Å². The van der Waals surface area contributed by atoms with Gasteiger partial charge in [-0.1, -0.05) is 19.1 Å². The number of methoxy groups -OCH3 is 1. The molecule has 0 spiro atoms. The largest absolute Gasteiger partial charge is 0.497 e. The SMILES string of the molecule is CC[C@@H](NS(=O)(=O)c1ccc2c(c1)OCCO2)c1ccc(OC)cc1. The second-order valence-corrected chi connectivity index (χ2v) is 7.37. The van der Waals surface area contributed by atoms with Crippen molar-refractivity contribution < 1.29 is 22.6 Å². The van der Waals surface area contributed by atoms with Gasteiger partial charge in [0.2, 0.25) is 10.0 Å². The number of ether oxygens (including phenoxy) is 3. The molecule has 6 nitrogen and oxygen atoms in total. The van der Waals surface area contributed by atoms with E-state index in [2.05, 4.69) is 4.72 Å². The van der Waals surface area contributed by atoms with Gasteiger partial charge < -0.3 is 14.2 Å². The van der Waals surface area contributed by atoms with Crippen LogP contribution in [0.25, 0.3) is 0 Å². The Bertz CT molecular complexity index is 833. The average molecular weight is 363 g/mol. The summed E-state index contributed by atoms with van der Waals surface area (Å²) in [6, 6.07) is 11.7. The fourth-order valence-corrected chi connectivity index (χ4v) is 3.99. The maximum Gasteiger partial charge on any atom is 0.241 e. The first-order valence-corrected chi connectivity index (χ1v) is 9.57. The van der Waals surface area contributed by atoms with Gasteiger partial charge in [0, 0.05) is 12.1 Å². The first-order valence-electron chi connectivity index (χ1n) is 8.09. The Morgan fingerprint density at radius 1 is 1.08 bits per heavy atom. The number of benzene rings is 2. The Balaban J connectivity index is 1.83. The third-order valence-electron chi connectivity index (χ3n) is 4.05. The maximum atomic E-state index is 12.8. The minimum absolute atomic E-state index is 0.156. The van der Waals surface area contributed by atoms with Gasteiger partial charge in [0.15, 0.2) is 11.5 Å². The lowest BCUT2D eigenvalue weighted by Gasteiger charge is -2.21. The van der Waals surface area contributed by atoms with Crippen LogP contribution in [-0.2, 0) is 10.0 Å². The van der Waals surface area contributed by atoms with Crippen LogP contribution in [-0.4, -0.2) is 28.7 Å². The van der Waals surface area contributed by atoms with Crippen LogP contribution in [0.5, 0.6) is 17.2 Å². The van der Waals surface area contributed by atoms with Gasteiger partial charge in [-0.25, -0.2) is 13.1 Å². The fraction of sp³-hybridized carbons (Fsp3) is 0.333. The molecular weight excluding hydrogens is 342 g/mol. The van der Waals surface area contributed by atoms with Crippen LogP contribution in [0, 0.1) is 0 Å². The molecular formula is C18H21NO5S. The molecule has 0 radical (unpaired) electrons. The second kappa shape index (κ2) is 7.33. The zero-order valence-electron chi connectivity index (χ0n) is 14.2. The summed E-state index contributed by atoms with van der Waals surface area (Å²) < 4.78 is 44.3. The van der Waals surface area contributed by atoms with Crippen molar-refractivity contribution in [3.8, 4) is 17.2 Å². The van der Waals surface area contributed by atoms with E-state index in [1.807, 2.05) is 31.2 Å². The molecule has 0 aromatic heterocycles. The zero-order chi connectivity index (χ0) is 17.9. The van der Waals surface area contributed by atoms with Gasteiger partial charge in [-0.3, -0.25) is 0 Å². The number of fused-ring (bicyclic) bond motifs is 1. The molecule has 1 aliphatic heterocycles. The molecule has 3 rings (SSSR count). The molecule has 25 heavy (non-hydrogen) atoms. The van der Waals surface area contributed by atoms with Gasteiger partial charge in [-0.15, -0.1) is 0 Å². The van der Waals surface area contributed by atoms with E-state index < -0.39 is 10.0 Å². The molecule has 1 N–H and O–H groups in total. The number of hydrogen-bond donors (Lipinski definition) is 1. The standard InChI is InChI=1S/C18H21NO5S/c1-3-16(13-4-6-14(22-2)7-5-13)19-25(20,21)15-8-9-17-18(12-15)24-11-10-23-17/h4-9,12,16,19H,3,10-11H2,1-2H3/t16-/m1/s1. The summed E-state index contributed by atoms with van der Waals surface area (Å²) in [6.07, 6.45) is 0.621. The molecule has 0 fully saturated rings.